The lowest BCUT2D eigenvalue weighted by atomic mass is 9.98. The number of benzene rings is 1. The second-order valence-electron chi connectivity index (χ2n) is 4.98. The van der Waals surface area contributed by atoms with E-state index in [9.17, 15) is 9.18 Å². The first kappa shape index (κ1) is 15.6. The standard InChI is InChI=1S/C14H18FN3O2S/c15-10-1-2-12(11(8-10)14(16)18-20)17-13(19)7-9-3-5-21-6-4-9/h1-2,8-9,20H,3-7H2,(H2,16,18)(H,17,19). The van der Waals surface area contributed by atoms with Crippen molar-refractivity contribution in [3.05, 3.63) is 29.6 Å². The molecule has 1 heterocycles. The number of thioether (sulfide) groups is 1. The molecule has 1 aromatic carbocycles. The van der Waals surface area contributed by atoms with Crippen LogP contribution in [-0.2, 0) is 4.79 Å². The van der Waals surface area contributed by atoms with Gasteiger partial charge in [-0.3, -0.25) is 4.79 Å². The monoisotopic (exact) mass is 311 g/mol. The van der Waals surface area contributed by atoms with Gasteiger partial charge in [0.15, 0.2) is 5.84 Å². The maximum absolute atomic E-state index is 13.2. The van der Waals surface area contributed by atoms with Gasteiger partial charge < -0.3 is 16.3 Å². The molecule has 4 N–H and O–H groups in total. The third-order valence-electron chi connectivity index (χ3n) is 3.45. The van der Waals surface area contributed by atoms with Gasteiger partial charge in [-0.1, -0.05) is 5.16 Å². The van der Waals surface area contributed by atoms with Gasteiger partial charge in [0, 0.05) is 12.0 Å². The number of carbonyl (C=O) groups excluding carboxylic acids is 1. The predicted molar refractivity (Wildman–Crippen MR) is 82.2 cm³/mol. The Kier molecular flexibility index (Phi) is 5.44. The average Bonchev–Trinajstić information content (AvgIpc) is 2.49. The normalized spacial score (nSPS) is 16.7. The number of rotatable bonds is 4. The Bertz CT molecular complexity index is 545. The van der Waals surface area contributed by atoms with Crippen LogP contribution >= 0.6 is 11.8 Å². The molecule has 114 valence electrons. The first-order valence-corrected chi connectivity index (χ1v) is 7.90. The molecule has 21 heavy (non-hydrogen) atoms. The van der Waals surface area contributed by atoms with Crippen LogP contribution in [0.15, 0.2) is 23.4 Å². The number of nitrogens with one attached hydrogen (secondary N) is 1. The van der Waals surface area contributed by atoms with Crippen LogP contribution in [0.3, 0.4) is 0 Å². The van der Waals surface area contributed by atoms with Gasteiger partial charge in [0.05, 0.1) is 5.69 Å². The van der Waals surface area contributed by atoms with Crippen molar-refractivity contribution < 1.29 is 14.4 Å². The van der Waals surface area contributed by atoms with Gasteiger partial charge in [0.2, 0.25) is 5.91 Å². The molecular formula is C14H18FN3O2S. The maximum atomic E-state index is 13.2. The number of halogens is 1. The number of nitrogens with two attached hydrogens (primary N) is 1. The number of amidine groups is 1. The number of nitrogens with zero attached hydrogens (tertiary/aromatic N) is 1. The number of hydrogen-bond donors (Lipinski definition) is 3. The van der Waals surface area contributed by atoms with Crippen molar-refractivity contribution in [2.45, 2.75) is 19.3 Å². The fourth-order valence-corrected chi connectivity index (χ4v) is 3.51. The van der Waals surface area contributed by atoms with Crippen molar-refractivity contribution in [1.82, 2.24) is 0 Å². The predicted octanol–water partition coefficient (Wildman–Crippen LogP) is 2.39. The van der Waals surface area contributed by atoms with E-state index in [1.807, 2.05) is 11.8 Å². The minimum Gasteiger partial charge on any atom is -0.409 e. The molecular weight excluding hydrogens is 293 g/mol. The minimum atomic E-state index is -0.515. The SMILES string of the molecule is N/C(=N/O)c1cc(F)ccc1NC(=O)CC1CCSCC1. The summed E-state index contributed by atoms with van der Waals surface area (Å²) in [6, 6.07) is 3.76. The molecule has 1 amide bonds. The van der Waals surface area contributed by atoms with E-state index in [4.69, 9.17) is 10.9 Å². The second-order valence-corrected chi connectivity index (χ2v) is 6.21. The van der Waals surface area contributed by atoms with E-state index < -0.39 is 5.82 Å². The van der Waals surface area contributed by atoms with E-state index in [-0.39, 0.29) is 17.3 Å². The molecule has 0 radical (unpaired) electrons. The summed E-state index contributed by atoms with van der Waals surface area (Å²) in [5, 5.41) is 14.3. The molecule has 0 aromatic heterocycles. The lowest BCUT2D eigenvalue weighted by molar-refractivity contribution is -0.117. The van der Waals surface area contributed by atoms with Crippen molar-refractivity contribution in [1.29, 1.82) is 0 Å². The molecule has 0 atom stereocenters. The molecule has 7 heteroatoms. The van der Waals surface area contributed by atoms with Crippen molar-refractivity contribution in [2.24, 2.45) is 16.8 Å². The number of hydrogen-bond acceptors (Lipinski definition) is 4. The van der Waals surface area contributed by atoms with Crippen molar-refractivity contribution in [2.75, 3.05) is 16.8 Å². The van der Waals surface area contributed by atoms with Crippen LogP contribution in [0.5, 0.6) is 0 Å². The highest BCUT2D eigenvalue weighted by molar-refractivity contribution is 7.99. The Morgan fingerprint density at radius 2 is 2.19 bits per heavy atom. The largest absolute Gasteiger partial charge is 0.409 e. The van der Waals surface area contributed by atoms with Gasteiger partial charge in [-0.15, -0.1) is 0 Å². The van der Waals surface area contributed by atoms with Gasteiger partial charge in [0.25, 0.3) is 0 Å². The Balaban J connectivity index is 2.06. The van der Waals surface area contributed by atoms with Gasteiger partial charge in [0.1, 0.15) is 5.82 Å². The van der Waals surface area contributed by atoms with E-state index in [1.54, 1.807) is 0 Å². The summed E-state index contributed by atoms with van der Waals surface area (Å²) in [6.45, 7) is 0. The minimum absolute atomic E-state index is 0.134. The van der Waals surface area contributed by atoms with E-state index >= 15 is 0 Å². The summed E-state index contributed by atoms with van der Waals surface area (Å²) in [6.07, 6.45) is 2.51. The van der Waals surface area contributed by atoms with Gasteiger partial charge in [-0.2, -0.15) is 11.8 Å². The van der Waals surface area contributed by atoms with Crippen LogP contribution in [0.25, 0.3) is 0 Å². The molecule has 0 bridgehead atoms. The molecule has 1 aliphatic heterocycles. The third-order valence-corrected chi connectivity index (χ3v) is 4.50. The topological polar surface area (TPSA) is 87.7 Å². The molecule has 1 fully saturated rings. The summed E-state index contributed by atoms with van der Waals surface area (Å²) in [5.74, 6) is 1.68. The molecule has 0 saturated carbocycles. The van der Waals surface area contributed by atoms with Crippen LogP contribution in [0, 0.1) is 11.7 Å². The summed E-state index contributed by atoms with van der Waals surface area (Å²) >= 11 is 1.91. The Hall–Kier alpha value is -1.76. The van der Waals surface area contributed by atoms with E-state index in [0.717, 1.165) is 30.4 Å². The number of anilines is 1. The van der Waals surface area contributed by atoms with E-state index in [2.05, 4.69) is 10.5 Å². The van der Waals surface area contributed by atoms with Crippen LogP contribution in [0.2, 0.25) is 0 Å². The second kappa shape index (κ2) is 7.31. The van der Waals surface area contributed by atoms with Crippen molar-refractivity contribution in [3.8, 4) is 0 Å². The molecule has 1 aliphatic rings. The van der Waals surface area contributed by atoms with Gasteiger partial charge in [-0.05, 0) is 48.5 Å². The summed E-state index contributed by atoms with van der Waals surface area (Å²) in [7, 11) is 0. The summed E-state index contributed by atoms with van der Waals surface area (Å²) < 4.78 is 13.2. The van der Waals surface area contributed by atoms with Crippen LogP contribution in [0.1, 0.15) is 24.8 Å². The number of amides is 1. The highest BCUT2D eigenvalue weighted by Gasteiger charge is 2.18. The highest BCUT2D eigenvalue weighted by Crippen LogP contribution is 2.26. The lowest BCUT2D eigenvalue weighted by Gasteiger charge is -2.21. The first-order valence-electron chi connectivity index (χ1n) is 6.75. The molecule has 2 rings (SSSR count). The third kappa shape index (κ3) is 4.35. The zero-order chi connectivity index (χ0) is 15.2. The van der Waals surface area contributed by atoms with Gasteiger partial charge in [-0.25, -0.2) is 4.39 Å². The molecule has 0 unspecified atom stereocenters. The summed E-state index contributed by atoms with van der Waals surface area (Å²) in [5.41, 5.74) is 6.02. The van der Waals surface area contributed by atoms with Crippen LogP contribution < -0.4 is 11.1 Å². The Morgan fingerprint density at radius 3 is 2.86 bits per heavy atom. The fraction of sp³-hybridized carbons (Fsp3) is 0.429. The summed E-state index contributed by atoms with van der Waals surface area (Å²) in [4.78, 5) is 12.1. The molecule has 0 spiro atoms. The molecule has 0 aliphatic carbocycles. The van der Waals surface area contributed by atoms with Gasteiger partial charge >= 0.3 is 0 Å². The molecule has 1 saturated heterocycles. The van der Waals surface area contributed by atoms with Crippen LogP contribution in [0.4, 0.5) is 10.1 Å². The zero-order valence-corrected chi connectivity index (χ0v) is 12.3. The quantitative estimate of drug-likeness (QED) is 0.345. The lowest BCUT2D eigenvalue weighted by Crippen LogP contribution is -2.22. The number of oxime groups is 1. The highest BCUT2D eigenvalue weighted by atomic mass is 32.2. The average molecular weight is 311 g/mol. The smallest absolute Gasteiger partial charge is 0.224 e. The first-order chi connectivity index (χ1) is 10.1. The molecule has 5 nitrogen and oxygen atoms in total. The Labute approximate surface area is 126 Å². The van der Waals surface area contributed by atoms with Crippen molar-refractivity contribution >= 4 is 29.2 Å². The number of carbonyl (C=O) groups is 1. The van der Waals surface area contributed by atoms with Crippen LogP contribution in [-0.4, -0.2) is 28.5 Å². The Morgan fingerprint density at radius 1 is 1.48 bits per heavy atom. The van der Waals surface area contributed by atoms with E-state index in [0.29, 0.717) is 18.0 Å². The fourth-order valence-electron chi connectivity index (χ4n) is 2.31. The maximum Gasteiger partial charge on any atom is 0.224 e. The molecule has 1 aromatic rings. The van der Waals surface area contributed by atoms with E-state index in [1.165, 1.54) is 12.1 Å². The van der Waals surface area contributed by atoms with Crippen molar-refractivity contribution in [3.63, 3.8) is 0 Å². The zero-order valence-electron chi connectivity index (χ0n) is 11.5.